The number of anilines is 4. The Kier molecular flexibility index (Phi) is 9.80. The molecular formula is C40H34N12O4. The Morgan fingerprint density at radius 2 is 1.34 bits per heavy atom. The molecule has 0 saturated heterocycles. The van der Waals surface area contributed by atoms with Crippen molar-refractivity contribution in [1.29, 1.82) is 10.5 Å². The van der Waals surface area contributed by atoms with Crippen LogP contribution < -0.4 is 21.7 Å². The first-order valence-corrected chi connectivity index (χ1v) is 17.8. The second-order valence-electron chi connectivity index (χ2n) is 13.6. The number of nitriles is 2. The van der Waals surface area contributed by atoms with Gasteiger partial charge in [-0.05, 0) is 71.1 Å². The van der Waals surface area contributed by atoms with E-state index in [0.717, 1.165) is 27.5 Å². The first kappa shape index (κ1) is 35.9. The van der Waals surface area contributed by atoms with Gasteiger partial charge in [-0.2, -0.15) is 10.5 Å². The van der Waals surface area contributed by atoms with Crippen molar-refractivity contribution in [2.24, 2.45) is 23.7 Å². The van der Waals surface area contributed by atoms with E-state index >= 15 is 0 Å². The highest BCUT2D eigenvalue weighted by Gasteiger charge is 2.44. The Labute approximate surface area is 320 Å². The molecule has 6 heterocycles. The molecule has 2 aliphatic rings. The zero-order valence-corrected chi connectivity index (χ0v) is 30.1. The molecule has 5 N–H and O–H groups in total. The number of aromatic nitrogens is 6. The summed E-state index contributed by atoms with van der Waals surface area (Å²) >= 11 is 0. The van der Waals surface area contributed by atoms with Crippen LogP contribution in [-0.2, 0) is 32.3 Å². The van der Waals surface area contributed by atoms with Crippen LogP contribution in [0, 0.1) is 46.3 Å². The van der Waals surface area contributed by atoms with Gasteiger partial charge >= 0.3 is 0 Å². The fraction of sp³-hybridized carbons (Fsp3) is 0.250. The van der Waals surface area contributed by atoms with E-state index in [1.165, 1.54) is 0 Å². The highest BCUT2D eigenvalue weighted by atomic mass is 16.5. The van der Waals surface area contributed by atoms with Crippen LogP contribution in [0.1, 0.15) is 24.0 Å². The summed E-state index contributed by atoms with van der Waals surface area (Å²) in [5, 5.41) is 30.0. The molecule has 56 heavy (non-hydrogen) atoms. The average Bonchev–Trinajstić information content (AvgIpc) is 4.15. The molecule has 0 aromatic carbocycles. The zero-order chi connectivity index (χ0) is 38.8. The molecule has 6 aromatic heterocycles. The Balaban J connectivity index is 1.02. The van der Waals surface area contributed by atoms with Crippen LogP contribution in [0.5, 0.6) is 0 Å². The lowest BCUT2D eigenvalue weighted by molar-refractivity contribution is -0.118. The highest BCUT2D eigenvalue weighted by molar-refractivity contribution is 6.00. The normalized spacial score (nSPS) is 18.1. The number of amides is 2. The number of pyridine rings is 6. The average molecular weight is 747 g/mol. The Morgan fingerprint density at radius 3 is 1.91 bits per heavy atom. The fourth-order valence-electron chi connectivity index (χ4n) is 6.56. The maximum absolute atomic E-state index is 12.7. The van der Waals surface area contributed by atoms with E-state index in [2.05, 4.69) is 53.0 Å². The molecule has 6 aromatic rings. The number of hydrogen-bond acceptors (Lipinski definition) is 14. The topological polar surface area (TPSA) is 240 Å². The monoisotopic (exact) mass is 746 g/mol. The van der Waals surface area contributed by atoms with Crippen LogP contribution in [-0.4, -0.2) is 55.6 Å². The molecule has 0 aliphatic heterocycles. The van der Waals surface area contributed by atoms with Gasteiger partial charge in [0.05, 0.1) is 60.4 Å². The standard InChI is InChI=1S/C40H34N12O4/c1-55-18-21-2-4-44-14-29(21)34-9-24-11-36(52-40(54)28-7-26(28)13-42)47-17-32(24)38(50-34)48-20-56-19-22-3-5-45-15-30(22)33-8-23-10-35(46-16-31(23)37(43)49-33)51-39(53)27-6-25(27)12-41/h2-5,8-11,14-17,25-28H,6-7,18-20H2,1H3,(H2,43,49)(H,48,50)(H,46,51,53)(H,47,52,54)/t25-,26+,27+,28-/m1/s1. The second-order valence-corrected chi connectivity index (χ2v) is 13.6. The molecule has 4 atom stereocenters. The largest absolute Gasteiger partial charge is 0.383 e. The minimum Gasteiger partial charge on any atom is -0.383 e. The SMILES string of the molecule is COCc1ccncc1-c1cc2cc(NC(=O)[C@@H]3C[C@H]3C#N)ncc2c(NCOCc2ccncc2-c2cc3cc(NC(=O)[C@H]4C[C@@H]4C#N)ncc3c(N)n2)n1. The molecule has 2 fully saturated rings. The lowest BCUT2D eigenvalue weighted by Crippen LogP contribution is -2.15. The van der Waals surface area contributed by atoms with Crippen molar-refractivity contribution in [1.82, 2.24) is 29.9 Å². The lowest BCUT2D eigenvalue weighted by atomic mass is 10.0. The van der Waals surface area contributed by atoms with E-state index in [9.17, 15) is 9.59 Å². The van der Waals surface area contributed by atoms with Gasteiger partial charge in [0, 0.05) is 66.2 Å². The van der Waals surface area contributed by atoms with Gasteiger partial charge in [0.2, 0.25) is 11.8 Å². The quantitative estimate of drug-likeness (QED) is 0.0877. The third-order valence-corrected chi connectivity index (χ3v) is 9.82. The maximum Gasteiger partial charge on any atom is 0.230 e. The molecule has 0 bridgehead atoms. The molecule has 16 heteroatoms. The predicted molar refractivity (Wildman–Crippen MR) is 206 cm³/mol. The van der Waals surface area contributed by atoms with Gasteiger partial charge < -0.3 is 31.2 Å². The third kappa shape index (κ3) is 7.47. The Bertz CT molecular complexity index is 2600. The van der Waals surface area contributed by atoms with E-state index < -0.39 is 0 Å². The molecule has 2 aliphatic carbocycles. The van der Waals surface area contributed by atoms with Crippen LogP contribution in [0.3, 0.4) is 0 Å². The summed E-state index contributed by atoms with van der Waals surface area (Å²) in [5.74, 6) is -0.164. The summed E-state index contributed by atoms with van der Waals surface area (Å²) in [6, 6.07) is 15.2. The Hall–Kier alpha value is -7.14. The first-order valence-electron chi connectivity index (χ1n) is 17.8. The number of hydrogen-bond donors (Lipinski definition) is 4. The number of nitrogens with zero attached hydrogens (tertiary/aromatic N) is 8. The number of nitrogen functional groups attached to an aromatic ring is 1. The zero-order valence-electron chi connectivity index (χ0n) is 30.1. The number of fused-ring (bicyclic) bond motifs is 2. The van der Waals surface area contributed by atoms with Gasteiger partial charge in [0.25, 0.3) is 0 Å². The first-order chi connectivity index (χ1) is 27.3. The van der Waals surface area contributed by atoms with Crippen molar-refractivity contribution >= 4 is 56.6 Å². The number of methoxy groups -OCH3 is 1. The van der Waals surface area contributed by atoms with Gasteiger partial charge in [-0.15, -0.1) is 0 Å². The summed E-state index contributed by atoms with van der Waals surface area (Å²) < 4.78 is 11.6. The van der Waals surface area contributed by atoms with Gasteiger partial charge in [-0.3, -0.25) is 19.6 Å². The van der Waals surface area contributed by atoms with E-state index in [-0.39, 0.29) is 54.6 Å². The number of carbonyl (C=O) groups excluding carboxylic acids is 2. The van der Waals surface area contributed by atoms with Crippen molar-refractivity contribution in [2.45, 2.75) is 26.1 Å². The minimum atomic E-state index is -0.335. The molecule has 0 unspecified atom stereocenters. The smallest absolute Gasteiger partial charge is 0.230 e. The van der Waals surface area contributed by atoms with Gasteiger partial charge in [-0.25, -0.2) is 19.9 Å². The number of nitrogens with two attached hydrogens (primary N) is 1. The summed E-state index contributed by atoms with van der Waals surface area (Å²) in [5.41, 5.74) is 10.7. The van der Waals surface area contributed by atoms with Crippen LogP contribution in [0.4, 0.5) is 23.3 Å². The van der Waals surface area contributed by atoms with E-state index in [1.54, 1.807) is 56.4 Å². The lowest BCUT2D eigenvalue weighted by Gasteiger charge is -2.15. The summed E-state index contributed by atoms with van der Waals surface area (Å²) in [6.07, 6.45) is 11.1. The van der Waals surface area contributed by atoms with Crippen LogP contribution in [0.15, 0.2) is 73.6 Å². The molecular weight excluding hydrogens is 713 g/mol. The van der Waals surface area contributed by atoms with Gasteiger partial charge in [-0.1, -0.05) is 0 Å². The Morgan fingerprint density at radius 1 is 0.786 bits per heavy atom. The fourth-order valence-corrected chi connectivity index (χ4v) is 6.56. The molecule has 278 valence electrons. The van der Waals surface area contributed by atoms with Crippen LogP contribution in [0.2, 0.25) is 0 Å². The van der Waals surface area contributed by atoms with Crippen molar-refractivity contribution in [3.63, 3.8) is 0 Å². The van der Waals surface area contributed by atoms with Crippen molar-refractivity contribution < 1.29 is 19.1 Å². The van der Waals surface area contributed by atoms with Crippen molar-refractivity contribution in [3.05, 3.63) is 84.7 Å². The van der Waals surface area contributed by atoms with E-state index in [4.69, 9.17) is 30.7 Å². The highest BCUT2D eigenvalue weighted by Crippen LogP contribution is 2.40. The summed E-state index contributed by atoms with van der Waals surface area (Å²) in [4.78, 5) is 52.3. The molecule has 0 spiro atoms. The number of ether oxygens (including phenoxy) is 2. The second kappa shape index (κ2) is 15.3. The number of nitrogens with one attached hydrogen (secondary N) is 3. The molecule has 8 rings (SSSR count). The summed E-state index contributed by atoms with van der Waals surface area (Å²) in [6.45, 7) is 0.602. The predicted octanol–water partition coefficient (Wildman–Crippen LogP) is 5.21. The van der Waals surface area contributed by atoms with Crippen LogP contribution in [0.25, 0.3) is 44.1 Å². The molecule has 2 amide bonds. The molecule has 2 saturated carbocycles. The van der Waals surface area contributed by atoms with Gasteiger partial charge in [0.1, 0.15) is 30.0 Å². The van der Waals surface area contributed by atoms with Crippen molar-refractivity contribution in [2.75, 3.05) is 35.5 Å². The van der Waals surface area contributed by atoms with E-state index in [0.29, 0.717) is 64.6 Å². The van der Waals surface area contributed by atoms with Gasteiger partial charge in [0.15, 0.2) is 0 Å². The molecule has 16 nitrogen and oxygen atoms in total. The summed E-state index contributed by atoms with van der Waals surface area (Å²) in [7, 11) is 1.62. The minimum absolute atomic E-state index is 0.0661. The van der Waals surface area contributed by atoms with E-state index in [1.807, 2.05) is 24.3 Å². The third-order valence-electron chi connectivity index (χ3n) is 9.82. The molecule has 0 radical (unpaired) electrons. The van der Waals surface area contributed by atoms with Crippen molar-refractivity contribution in [3.8, 4) is 34.7 Å². The van der Waals surface area contributed by atoms with Crippen LogP contribution >= 0.6 is 0 Å². The number of carbonyl (C=O) groups is 2. The number of rotatable bonds is 13. The maximum atomic E-state index is 12.7.